The lowest BCUT2D eigenvalue weighted by molar-refractivity contribution is 0.0690. The van der Waals surface area contributed by atoms with E-state index in [2.05, 4.69) is 5.10 Å². The van der Waals surface area contributed by atoms with Crippen LogP contribution in [0.4, 0.5) is 0 Å². The van der Waals surface area contributed by atoms with Crippen LogP contribution in [0, 0.1) is 6.92 Å². The lowest BCUT2D eigenvalue weighted by Gasteiger charge is -2.33. The van der Waals surface area contributed by atoms with Crippen molar-refractivity contribution in [1.82, 2.24) is 19.0 Å². The van der Waals surface area contributed by atoms with Gasteiger partial charge in [0.1, 0.15) is 0 Å². The molecule has 3 heterocycles. The van der Waals surface area contributed by atoms with Gasteiger partial charge in [0.2, 0.25) is 15.9 Å². The fourth-order valence-electron chi connectivity index (χ4n) is 3.16. The second kappa shape index (κ2) is 6.72. The molecular formula is C15H24N4O4S. The van der Waals surface area contributed by atoms with E-state index in [4.69, 9.17) is 4.74 Å². The number of aryl methyl sites for hydroxylation is 1. The quantitative estimate of drug-likeness (QED) is 0.783. The van der Waals surface area contributed by atoms with Gasteiger partial charge in [0.05, 0.1) is 12.4 Å². The number of carbonyl (C=O) groups is 1. The maximum absolute atomic E-state index is 12.7. The normalized spacial score (nSPS) is 19.0. The third-order valence-corrected chi connectivity index (χ3v) is 6.54. The van der Waals surface area contributed by atoms with Gasteiger partial charge in [-0.05, 0) is 13.3 Å². The van der Waals surface area contributed by atoms with E-state index < -0.39 is 10.0 Å². The van der Waals surface area contributed by atoms with Gasteiger partial charge >= 0.3 is 0 Å². The molecule has 2 aliphatic heterocycles. The molecule has 0 aliphatic carbocycles. The molecule has 0 bridgehead atoms. The summed E-state index contributed by atoms with van der Waals surface area (Å²) in [6.45, 7) is 6.57. The minimum atomic E-state index is -3.20. The Morgan fingerprint density at radius 2 is 1.92 bits per heavy atom. The Kier molecular flexibility index (Phi) is 4.82. The smallest absolute Gasteiger partial charge is 0.274 e. The fourth-order valence-corrected chi connectivity index (χ4v) is 4.66. The number of nitrogens with zero attached hydrogens (tertiary/aromatic N) is 4. The third-order valence-electron chi connectivity index (χ3n) is 4.47. The predicted molar refractivity (Wildman–Crippen MR) is 88.6 cm³/mol. The molecule has 0 unspecified atom stereocenters. The molecule has 24 heavy (non-hydrogen) atoms. The average molecular weight is 356 g/mol. The van der Waals surface area contributed by atoms with Gasteiger partial charge in [-0.15, -0.1) is 0 Å². The molecule has 2 aliphatic rings. The lowest BCUT2D eigenvalue weighted by atomic mass is 10.2. The van der Waals surface area contributed by atoms with Crippen LogP contribution < -0.4 is 4.74 Å². The molecule has 8 nitrogen and oxygen atoms in total. The van der Waals surface area contributed by atoms with E-state index >= 15 is 0 Å². The first-order valence-electron chi connectivity index (χ1n) is 8.41. The summed E-state index contributed by atoms with van der Waals surface area (Å²) in [5.74, 6) is 0.685. The lowest BCUT2D eigenvalue weighted by Crippen LogP contribution is -2.51. The van der Waals surface area contributed by atoms with Crippen molar-refractivity contribution >= 4 is 15.9 Å². The number of sulfonamides is 1. The minimum Gasteiger partial charge on any atom is -0.478 e. The molecule has 0 atom stereocenters. The Bertz CT molecular complexity index is 720. The summed E-state index contributed by atoms with van der Waals surface area (Å²) in [5, 5.41) is 4.39. The first kappa shape index (κ1) is 17.2. The maximum Gasteiger partial charge on any atom is 0.274 e. The minimum absolute atomic E-state index is 0.148. The number of piperazine rings is 1. The van der Waals surface area contributed by atoms with Crippen LogP contribution in [0.5, 0.6) is 5.88 Å². The Hall–Kier alpha value is -1.61. The number of rotatable bonds is 4. The molecule has 1 aromatic rings. The van der Waals surface area contributed by atoms with E-state index in [0.29, 0.717) is 50.8 Å². The Balaban J connectivity index is 1.69. The molecular weight excluding hydrogens is 332 g/mol. The second-order valence-corrected chi connectivity index (χ2v) is 8.30. The summed E-state index contributed by atoms with van der Waals surface area (Å²) in [6, 6.07) is 0. The predicted octanol–water partition coefficient (Wildman–Crippen LogP) is 0.472. The van der Waals surface area contributed by atoms with E-state index in [0.717, 1.165) is 18.5 Å². The van der Waals surface area contributed by atoms with Crippen LogP contribution >= 0.6 is 0 Å². The number of hydrogen-bond donors (Lipinski definition) is 0. The Morgan fingerprint density at radius 3 is 2.54 bits per heavy atom. The SMILES string of the molecule is CCCS(=O)(=O)N1CCN(C(=O)c2nn3c(c2C)OCCC3)CC1. The number of aromatic nitrogens is 2. The summed E-state index contributed by atoms with van der Waals surface area (Å²) >= 11 is 0. The van der Waals surface area contributed by atoms with E-state index in [-0.39, 0.29) is 11.7 Å². The second-order valence-electron chi connectivity index (χ2n) is 6.21. The highest BCUT2D eigenvalue weighted by Gasteiger charge is 2.31. The van der Waals surface area contributed by atoms with Crippen molar-refractivity contribution in [3.05, 3.63) is 11.3 Å². The first-order chi connectivity index (χ1) is 11.4. The van der Waals surface area contributed by atoms with Crippen LogP contribution in [-0.2, 0) is 16.6 Å². The third kappa shape index (κ3) is 3.14. The highest BCUT2D eigenvalue weighted by Crippen LogP contribution is 2.26. The van der Waals surface area contributed by atoms with Gasteiger partial charge in [-0.2, -0.15) is 9.40 Å². The number of fused-ring (bicyclic) bond motifs is 1. The number of amides is 1. The molecule has 0 saturated carbocycles. The molecule has 0 N–H and O–H groups in total. The van der Waals surface area contributed by atoms with Crippen LogP contribution in [0.15, 0.2) is 0 Å². The van der Waals surface area contributed by atoms with Crippen LogP contribution in [0.1, 0.15) is 35.8 Å². The van der Waals surface area contributed by atoms with Crippen LogP contribution in [0.2, 0.25) is 0 Å². The van der Waals surface area contributed by atoms with Crippen molar-refractivity contribution in [1.29, 1.82) is 0 Å². The zero-order chi connectivity index (χ0) is 17.3. The van der Waals surface area contributed by atoms with E-state index in [1.807, 2.05) is 13.8 Å². The average Bonchev–Trinajstić information content (AvgIpc) is 2.92. The van der Waals surface area contributed by atoms with Crippen molar-refractivity contribution in [2.45, 2.75) is 33.2 Å². The standard InChI is InChI=1S/C15H24N4O4S/c1-3-11-24(21,22)18-8-6-17(7-9-18)14(20)13-12(2)15-19(16-13)5-4-10-23-15/h3-11H2,1-2H3. The van der Waals surface area contributed by atoms with Crippen molar-refractivity contribution in [3.63, 3.8) is 0 Å². The molecule has 0 aromatic carbocycles. The molecule has 1 saturated heterocycles. The molecule has 3 rings (SSSR count). The summed E-state index contributed by atoms with van der Waals surface area (Å²) < 4.78 is 33.0. The van der Waals surface area contributed by atoms with Crippen LogP contribution in [0.3, 0.4) is 0 Å². The van der Waals surface area contributed by atoms with Crippen molar-refractivity contribution in [2.24, 2.45) is 0 Å². The summed E-state index contributed by atoms with van der Waals surface area (Å²) in [7, 11) is -3.20. The van der Waals surface area contributed by atoms with Gasteiger partial charge in [0, 0.05) is 44.7 Å². The highest BCUT2D eigenvalue weighted by atomic mass is 32.2. The van der Waals surface area contributed by atoms with E-state index in [9.17, 15) is 13.2 Å². The molecule has 1 aromatic heterocycles. The monoisotopic (exact) mass is 356 g/mol. The van der Waals surface area contributed by atoms with Crippen molar-refractivity contribution in [3.8, 4) is 5.88 Å². The first-order valence-corrected chi connectivity index (χ1v) is 10.0. The molecule has 0 radical (unpaired) electrons. The Morgan fingerprint density at radius 1 is 1.21 bits per heavy atom. The molecule has 0 spiro atoms. The zero-order valence-corrected chi connectivity index (χ0v) is 15.0. The van der Waals surface area contributed by atoms with Gasteiger partial charge in [0.15, 0.2) is 5.69 Å². The topological polar surface area (TPSA) is 84.7 Å². The molecule has 1 fully saturated rings. The maximum atomic E-state index is 12.7. The number of ether oxygens (including phenoxy) is 1. The van der Waals surface area contributed by atoms with Gasteiger partial charge in [0.25, 0.3) is 5.91 Å². The van der Waals surface area contributed by atoms with E-state index in [1.54, 1.807) is 9.58 Å². The fraction of sp³-hybridized carbons (Fsp3) is 0.733. The van der Waals surface area contributed by atoms with Crippen LogP contribution in [0.25, 0.3) is 0 Å². The summed E-state index contributed by atoms with van der Waals surface area (Å²) in [5.41, 5.74) is 1.18. The zero-order valence-electron chi connectivity index (χ0n) is 14.2. The number of carbonyl (C=O) groups excluding carboxylic acids is 1. The van der Waals surface area contributed by atoms with E-state index in [1.165, 1.54) is 4.31 Å². The van der Waals surface area contributed by atoms with Crippen molar-refractivity contribution < 1.29 is 17.9 Å². The highest BCUT2D eigenvalue weighted by molar-refractivity contribution is 7.89. The molecule has 134 valence electrons. The van der Waals surface area contributed by atoms with Gasteiger partial charge in [-0.3, -0.25) is 4.79 Å². The summed E-state index contributed by atoms with van der Waals surface area (Å²) in [6.07, 6.45) is 1.48. The molecule has 1 amide bonds. The largest absolute Gasteiger partial charge is 0.478 e. The molecule has 9 heteroatoms. The Labute approximate surface area is 142 Å². The summed E-state index contributed by atoms with van der Waals surface area (Å²) in [4.78, 5) is 14.4. The van der Waals surface area contributed by atoms with Gasteiger partial charge in [-0.25, -0.2) is 13.1 Å². The number of hydrogen-bond acceptors (Lipinski definition) is 5. The van der Waals surface area contributed by atoms with Crippen LogP contribution in [-0.4, -0.2) is 71.8 Å². The van der Waals surface area contributed by atoms with Crippen molar-refractivity contribution in [2.75, 3.05) is 38.5 Å². The van der Waals surface area contributed by atoms with Gasteiger partial charge in [-0.1, -0.05) is 6.92 Å². The van der Waals surface area contributed by atoms with Gasteiger partial charge < -0.3 is 9.64 Å².